The molecule has 0 saturated heterocycles. The molecule has 23 heavy (non-hydrogen) atoms. The fourth-order valence-corrected chi connectivity index (χ4v) is 4.45. The first-order chi connectivity index (χ1) is 11.2. The molecule has 1 aromatic carbocycles. The molecule has 0 spiro atoms. The van der Waals surface area contributed by atoms with E-state index in [1.165, 1.54) is 35.9 Å². The summed E-state index contributed by atoms with van der Waals surface area (Å²) < 4.78 is 8.49. The average molecular weight is 332 g/mol. The number of carbonyl (C=O) groups excluding carboxylic acids is 1. The van der Waals surface area contributed by atoms with Gasteiger partial charge in [0.2, 0.25) is 5.91 Å². The molecule has 1 saturated carbocycles. The Bertz CT molecular complexity index is 754. The van der Waals surface area contributed by atoms with Gasteiger partial charge in [0.05, 0.1) is 16.8 Å². The molecule has 0 bridgehead atoms. The van der Waals surface area contributed by atoms with Crippen LogP contribution in [-0.2, 0) is 16.1 Å². The first-order valence-electron chi connectivity index (χ1n) is 8.34. The Hall–Kier alpha value is -1.46. The van der Waals surface area contributed by atoms with Gasteiger partial charge in [-0.2, -0.15) is 4.99 Å². The summed E-state index contributed by atoms with van der Waals surface area (Å²) in [6.45, 7) is 3.42. The van der Waals surface area contributed by atoms with Gasteiger partial charge in [-0.1, -0.05) is 30.2 Å². The van der Waals surface area contributed by atoms with Crippen LogP contribution in [0.4, 0.5) is 0 Å². The maximum Gasteiger partial charge on any atom is 0.248 e. The van der Waals surface area contributed by atoms with Crippen molar-refractivity contribution in [2.45, 2.75) is 45.6 Å². The number of aryl methyl sites for hydroxylation is 1. The second-order valence-corrected chi connectivity index (χ2v) is 7.37. The highest BCUT2D eigenvalue weighted by atomic mass is 32.1. The predicted molar refractivity (Wildman–Crippen MR) is 93.6 cm³/mol. The summed E-state index contributed by atoms with van der Waals surface area (Å²) in [6.07, 6.45) is 5.46. The summed E-state index contributed by atoms with van der Waals surface area (Å²) >= 11 is 1.59. The molecule has 1 fully saturated rings. The smallest absolute Gasteiger partial charge is 0.248 e. The third kappa shape index (κ3) is 3.90. The fraction of sp³-hybridized carbons (Fsp3) is 0.556. The van der Waals surface area contributed by atoms with E-state index in [1.807, 2.05) is 0 Å². The molecule has 0 unspecified atom stereocenters. The summed E-state index contributed by atoms with van der Waals surface area (Å²) in [5, 5.41) is 0. The highest BCUT2D eigenvalue weighted by Crippen LogP contribution is 2.27. The van der Waals surface area contributed by atoms with E-state index in [2.05, 4.69) is 34.7 Å². The highest BCUT2D eigenvalue weighted by Gasteiger charge is 2.18. The van der Waals surface area contributed by atoms with E-state index in [0.29, 0.717) is 18.9 Å². The maximum atomic E-state index is 12.3. The maximum absolute atomic E-state index is 12.3. The molecule has 2 aromatic rings. The Morgan fingerprint density at radius 1 is 1.39 bits per heavy atom. The summed E-state index contributed by atoms with van der Waals surface area (Å²) in [6, 6.07) is 6.36. The Kier molecular flexibility index (Phi) is 5.28. The zero-order valence-corrected chi connectivity index (χ0v) is 14.7. The number of aromatic nitrogens is 1. The van der Waals surface area contributed by atoms with E-state index < -0.39 is 0 Å². The van der Waals surface area contributed by atoms with Crippen molar-refractivity contribution in [3.05, 3.63) is 28.6 Å². The molecule has 3 rings (SSSR count). The van der Waals surface area contributed by atoms with Gasteiger partial charge in [-0.3, -0.25) is 4.79 Å². The number of nitrogens with zero attached hydrogens (tertiary/aromatic N) is 2. The molecule has 1 aliphatic carbocycles. The van der Waals surface area contributed by atoms with Crippen LogP contribution in [0.1, 0.15) is 37.7 Å². The number of methoxy groups -OCH3 is 1. The van der Waals surface area contributed by atoms with Crippen LogP contribution in [0, 0.1) is 12.8 Å². The molecule has 1 heterocycles. The minimum atomic E-state index is 0.0198. The van der Waals surface area contributed by atoms with E-state index in [0.717, 1.165) is 16.9 Å². The summed E-state index contributed by atoms with van der Waals surface area (Å²) in [5.41, 5.74) is 2.35. The number of hydrogen-bond acceptors (Lipinski definition) is 3. The summed E-state index contributed by atoms with van der Waals surface area (Å²) in [4.78, 5) is 17.6. The number of amides is 1. The molecule has 4 nitrogen and oxygen atoms in total. The molecular formula is C18H24N2O2S. The van der Waals surface area contributed by atoms with Crippen molar-refractivity contribution in [2.75, 3.05) is 13.7 Å². The van der Waals surface area contributed by atoms with E-state index in [9.17, 15) is 4.79 Å². The lowest BCUT2D eigenvalue weighted by Crippen LogP contribution is -2.19. The van der Waals surface area contributed by atoms with Crippen molar-refractivity contribution in [1.29, 1.82) is 0 Å². The predicted octanol–water partition coefficient (Wildman–Crippen LogP) is 3.67. The number of fused-ring (bicyclic) bond motifs is 1. The van der Waals surface area contributed by atoms with Crippen molar-refractivity contribution in [1.82, 2.24) is 4.57 Å². The van der Waals surface area contributed by atoms with Gasteiger partial charge in [0.25, 0.3) is 0 Å². The summed E-state index contributed by atoms with van der Waals surface area (Å²) in [7, 11) is 1.70. The lowest BCUT2D eigenvalue weighted by Gasteiger charge is -2.06. The van der Waals surface area contributed by atoms with Gasteiger partial charge in [-0.25, -0.2) is 0 Å². The molecule has 1 aromatic heterocycles. The lowest BCUT2D eigenvalue weighted by molar-refractivity contribution is -0.118. The Labute approximate surface area is 140 Å². The second kappa shape index (κ2) is 7.41. The topological polar surface area (TPSA) is 43.6 Å². The third-order valence-corrected chi connectivity index (χ3v) is 5.56. The molecule has 0 aliphatic heterocycles. The van der Waals surface area contributed by atoms with Crippen molar-refractivity contribution in [2.24, 2.45) is 10.9 Å². The van der Waals surface area contributed by atoms with Crippen LogP contribution in [0.2, 0.25) is 0 Å². The van der Waals surface area contributed by atoms with E-state index in [1.54, 1.807) is 18.4 Å². The number of ether oxygens (including phenoxy) is 1. The first-order valence-corrected chi connectivity index (χ1v) is 9.15. The van der Waals surface area contributed by atoms with Crippen molar-refractivity contribution < 1.29 is 9.53 Å². The lowest BCUT2D eigenvalue weighted by atomic mass is 10.0. The van der Waals surface area contributed by atoms with E-state index in [-0.39, 0.29) is 5.91 Å². The SMILES string of the molecule is COCCn1c(=NC(=O)CC2CCCC2)sc2cc(C)ccc21. The van der Waals surface area contributed by atoms with Crippen LogP contribution in [0.3, 0.4) is 0 Å². The number of hydrogen-bond donors (Lipinski definition) is 0. The summed E-state index contributed by atoms with van der Waals surface area (Å²) in [5.74, 6) is 0.557. The normalized spacial score (nSPS) is 16.5. The van der Waals surface area contributed by atoms with Crippen LogP contribution >= 0.6 is 11.3 Å². The highest BCUT2D eigenvalue weighted by molar-refractivity contribution is 7.16. The largest absolute Gasteiger partial charge is 0.383 e. The monoisotopic (exact) mass is 332 g/mol. The molecule has 5 heteroatoms. The van der Waals surface area contributed by atoms with E-state index in [4.69, 9.17) is 4.74 Å². The molecule has 1 amide bonds. The average Bonchev–Trinajstić information content (AvgIpc) is 3.12. The van der Waals surface area contributed by atoms with Crippen molar-refractivity contribution >= 4 is 27.5 Å². The Morgan fingerprint density at radius 2 is 2.17 bits per heavy atom. The van der Waals surface area contributed by atoms with Crippen molar-refractivity contribution in [3.8, 4) is 0 Å². The molecule has 1 aliphatic rings. The molecule has 0 atom stereocenters. The van der Waals surface area contributed by atoms with Crippen molar-refractivity contribution in [3.63, 3.8) is 0 Å². The number of benzene rings is 1. The van der Waals surface area contributed by atoms with Gasteiger partial charge >= 0.3 is 0 Å². The third-order valence-electron chi connectivity index (χ3n) is 4.52. The van der Waals surface area contributed by atoms with Gasteiger partial charge < -0.3 is 9.30 Å². The second-order valence-electron chi connectivity index (χ2n) is 6.36. The molecule has 0 N–H and O–H groups in total. The Morgan fingerprint density at radius 3 is 2.91 bits per heavy atom. The zero-order chi connectivity index (χ0) is 16.2. The number of rotatable bonds is 5. The molecule has 0 radical (unpaired) electrons. The van der Waals surface area contributed by atoms with E-state index >= 15 is 0 Å². The number of thiazole rings is 1. The van der Waals surface area contributed by atoms with Gasteiger partial charge in [-0.15, -0.1) is 0 Å². The van der Waals surface area contributed by atoms with Gasteiger partial charge in [-0.05, 0) is 43.4 Å². The zero-order valence-electron chi connectivity index (χ0n) is 13.9. The molecule has 124 valence electrons. The fourth-order valence-electron chi connectivity index (χ4n) is 3.28. The first kappa shape index (κ1) is 16.4. The van der Waals surface area contributed by atoms with Gasteiger partial charge in [0.1, 0.15) is 0 Å². The Balaban J connectivity index is 1.93. The quantitative estimate of drug-likeness (QED) is 0.838. The van der Waals surface area contributed by atoms with Crippen LogP contribution < -0.4 is 4.80 Å². The van der Waals surface area contributed by atoms with Gasteiger partial charge in [0.15, 0.2) is 4.80 Å². The van der Waals surface area contributed by atoms with Gasteiger partial charge in [0, 0.05) is 20.1 Å². The minimum Gasteiger partial charge on any atom is -0.383 e. The van der Waals surface area contributed by atoms with Crippen LogP contribution in [-0.4, -0.2) is 24.2 Å². The molecular weight excluding hydrogens is 308 g/mol. The van der Waals surface area contributed by atoms with Crippen LogP contribution in [0.25, 0.3) is 10.2 Å². The number of carbonyl (C=O) groups is 1. The van der Waals surface area contributed by atoms with Crippen LogP contribution in [0.5, 0.6) is 0 Å². The van der Waals surface area contributed by atoms with Crippen LogP contribution in [0.15, 0.2) is 23.2 Å². The standard InChI is InChI=1S/C18H24N2O2S/c1-13-7-8-15-16(11-13)23-18(20(15)9-10-22-2)19-17(21)12-14-5-3-4-6-14/h7-8,11,14H,3-6,9-10,12H2,1-2H3. The minimum absolute atomic E-state index is 0.0198.